The molecule has 2 heterocycles. The van der Waals surface area contributed by atoms with Gasteiger partial charge in [0.1, 0.15) is 5.82 Å². The number of aliphatic hydroxyl groups excluding tert-OH is 1. The van der Waals surface area contributed by atoms with Gasteiger partial charge in [-0.1, -0.05) is 0 Å². The van der Waals surface area contributed by atoms with E-state index < -0.39 is 10.0 Å². The van der Waals surface area contributed by atoms with Gasteiger partial charge in [0.05, 0.1) is 16.5 Å². The summed E-state index contributed by atoms with van der Waals surface area (Å²) in [6, 6.07) is 11.5. The number of aliphatic hydroxyl groups is 1. The molecule has 0 atom stereocenters. The van der Waals surface area contributed by atoms with E-state index in [0.717, 1.165) is 23.7 Å². The highest BCUT2D eigenvalue weighted by Gasteiger charge is 2.31. The molecule has 0 amide bonds. The van der Waals surface area contributed by atoms with Gasteiger partial charge < -0.3 is 10.4 Å². The molecule has 9 heteroatoms. The Kier molecular flexibility index (Phi) is 5.19. The third kappa shape index (κ3) is 3.93. The van der Waals surface area contributed by atoms with Gasteiger partial charge in [0, 0.05) is 30.8 Å². The molecular formula is C22H25FN4O3S. The number of halogens is 1. The maximum absolute atomic E-state index is 13.3. The lowest BCUT2D eigenvalue weighted by Crippen LogP contribution is -2.39. The molecule has 7 nitrogen and oxygen atoms in total. The van der Waals surface area contributed by atoms with Crippen LogP contribution in [0, 0.1) is 11.7 Å². The molecule has 5 rings (SSSR count). The van der Waals surface area contributed by atoms with Crippen LogP contribution in [0.1, 0.15) is 31.7 Å². The van der Waals surface area contributed by atoms with E-state index in [2.05, 4.69) is 5.32 Å². The third-order valence-electron chi connectivity index (χ3n) is 6.15. The van der Waals surface area contributed by atoms with Crippen molar-refractivity contribution in [2.45, 2.75) is 36.6 Å². The summed E-state index contributed by atoms with van der Waals surface area (Å²) in [4.78, 5) is 0.236. The number of benzene rings is 2. The van der Waals surface area contributed by atoms with Gasteiger partial charge in [-0.3, -0.25) is 4.68 Å². The normalized spacial score (nSPS) is 18.5. The number of fused-ring (bicyclic) bond motifs is 1. The van der Waals surface area contributed by atoms with Gasteiger partial charge in [0.25, 0.3) is 0 Å². The number of rotatable bonds is 6. The third-order valence-corrected chi connectivity index (χ3v) is 8.04. The van der Waals surface area contributed by atoms with Crippen molar-refractivity contribution in [3.8, 4) is 0 Å². The first-order valence-electron chi connectivity index (χ1n) is 10.6. The fourth-order valence-corrected chi connectivity index (χ4v) is 5.62. The minimum Gasteiger partial charge on any atom is -0.396 e. The second-order valence-electron chi connectivity index (χ2n) is 8.37. The molecule has 1 saturated heterocycles. The molecule has 164 valence electrons. The second-order valence-corrected chi connectivity index (χ2v) is 10.3. The molecule has 3 aromatic rings. The van der Waals surface area contributed by atoms with Crippen LogP contribution in [0.3, 0.4) is 0 Å². The number of nitrogens with zero attached hydrogens (tertiary/aromatic N) is 3. The Labute approximate surface area is 180 Å². The van der Waals surface area contributed by atoms with Crippen LogP contribution < -0.4 is 5.32 Å². The van der Waals surface area contributed by atoms with Crippen molar-refractivity contribution < 1.29 is 17.9 Å². The summed E-state index contributed by atoms with van der Waals surface area (Å²) in [5.41, 5.74) is 1.56. The highest BCUT2D eigenvalue weighted by molar-refractivity contribution is 7.89. The summed E-state index contributed by atoms with van der Waals surface area (Å²) in [5.74, 6) is 0.402. The number of piperidine rings is 1. The molecule has 2 aromatic carbocycles. The van der Waals surface area contributed by atoms with E-state index in [1.54, 1.807) is 24.3 Å². The number of sulfonamides is 1. The molecule has 1 aromatic heterocycles. The summed E-state index contributed by atoms with van der Waals surface area (Å²) >= 11 is 0. The molecule has 2 N–H and O–H groups in total. The lowest BCUT2D eigenvalue weighted by molar-refractivity contribution is 0.170. The highest BCUT2D eigenvalue weighted by Crippen LogP contribution is 2.40. The van der Waals surface area contributed by atoms with Gasteiger partial charge in [0.2, 0.25) is 10.0 Å². The van der Waals surface area contributed by atoms with E-state index in [1.165, 1.54) is 16.4 Å². The number of aromatic nitrogens is 2. The second kappa shape index (κ2) is 7.89. The van der Waals surface area contributed by atoms with Crippen LogP contribution in [0.15, 0.2) is 47.4 Å². The average Bonchev–Trinajstić information content (AvgIpc) is 3.57. The summed E-state index contributed by atoms with van der Waals surface area (Å²) in [6.07, 6.45) is 3.42. The monoisotopic (exact) mass is 444 g/mol. The van der Waals surface area contributed by atoms with Crippen molar-refractivity contribution in [3.05, 3.63) is 48.3 Å². The van der Waals surface area contributed by atoms with Crippen molar-refractivity contribution in [1.29, 1.82) is 0 Å². The Bertz CT molecular complexity index is 1200. The van der Waals surface area contributed by atoms with E-state index in [-0.39, 0.29) is 23.2 Å². The molecule has 1 aliphatic heterocycles. The van der Waals surface area contributed by atoms with Crippen molar-refractivity contribution in [3.63, 3.8) is 0 Å². The topological polar surface area (TPSA) is 87.5 Å². The molecule has 2 fully saturated rings. The van der Waals surface area contributed by atoms with Crippen LogP contribution in [0.4, 0.5) is 15.9 Å². The van der Waals surface area contributed by atoms with E-state index >= 15 is 0 Å². The fourth-order valence-electron chi connectivity index (χ4n) is 4.12. The maximum Gasteiger partial charge on any atom is 0.243 e. The highest BCUT2D eigenvalue weighted by atomic mass is 32.2. The van der Waals surface area contributed by atoms with Gasteiger partial charge in [-0.2, -0.15) is 9.40 Å². The summed E-state index contributed by atoms with van der Waals surface area (Å²) in [5, 5.41) is 18.0. The first kappa shape index (κ1) is 20.4. The largest absolute Gasteiger partial charge is 0.396 e. The fraction of sp³-hybridized carbons (Fsp3) is 0.409. The number of hydrogen-bond donors (Lipinski definition) is 2. The van der Waals surface area contributed by atoms with E-state index in [1.807, 2.05) is 10.7 Å². The summed E-state index contributed by atoms with van der Waals surface area (Å²) in [6.45, 7) is 0.917. The Morgan fingerprint density at radius 1 is 1.06 bits per heavy atom. The van der Waals surface area contributed by atoms with E-state index in [9.17, 15) is 17.9 Å². The molecule has 0 unspecified atom stereocenters. The molecule has 2 aliphatic rings. The zero-order valence-electron chi connectivity index (χ0n) is 17.0. The van der Waals surface area contributed by atoms with E-state index in [4.69, 9.17) is 5.10 Å². The standard InChI is InChI=1S/C22H25FN4O3S/c23-16-1-3-17(4-2-16)24-22-20-13-19(7-8-21(20)27(25-22)18-5-6-18)31(29,30)26-11-9-15(14-28)10-12-26/h1-4,7-8,13,15,18,28H,5-6,9-12,14H2,(H,24,25). The van der Waals surface area contributed by atoms with Gasteiger partial charge >= 0.3 is 0 Å². The number of hydrogen-bond acceptors (Lipinski definition) is 5. The van der Waals surface area contributed by atoms with Gasteiger partial charge in [0.15, 0.2) is 5.82 Å². The lowest BCUT2D eigenvalue weighted by atomic mass is 10.00. The first-order chi connectivity index (χ1) is 15.0. The lowest BCUT2D eigenvalue weighted by Gasteiger charge is -2.30. The number of nitrogens with one attached hydrogen (secondary N) is 1. The molecule has 31 heavy (non-hydrogen) atoms. The Morgan fingerprint density at radius 2 is 1.77 bits per heavy atom. The SMILES string of the molecule is O=S(=O)(c1ccc2c(c1)c(Nc1ccc(F)cc1)nn2C1CC1)N1CCC(CO)CC1. The van der Waals surface area contributed by atoms with Crippen LogP contribution in [0.25, 0.3) is 10.9 Å². The average molecular weight is 445 g/mol. The van der Waals surface area contributed by atoms with Gasteiger partial charge in [-0.05, 0) is 74.1 Å². The predicted molar refractivity (Wildman–Crippen MR) is 116 cm³/mol. The van der Waals surface area contributed by atoms with Crippen LogP contribution in [-0.2, 0) is 10.0 Å². The van der Waals surface area contributed by atoms with Gasteiger partial charge in [-0.15, -0.1) is 0 Å². The summed E-state index contributed by atoms with van der Waals surface area (Å²) < 4.78 is 43.2. The quantitative estimate of drug-likeness (QED) is 0.606. The molecule has 0 bridgehead atoms. The molecule has 0 spiro atoms. The smallest absolute Gasteiger partial charge is 0.243 e. The Morgan fingerprint density at radius 3 is 2.42 bits per heavy atom. The molecular weight excluding hydrogens is 419 g/mol. The van der Waals surface area contributed by atoms with Crippen molar-refractivity contribution in [1.82, 2.24) is 14.1 Å². The van der Waals surface area contributed by atoms with Crippen molar-refractivity contribution in [2.75, 3.05) is 25.0 Å². The van der Waals surface area contributed by atoms with Crippen LogP contribution >= 0.6 is 0 Å². The summed E-state index contributed by atoms with van der Waals surface area (Å²) in [7, 11) is -3.64. The van der Waals surface area contributed by atoms with Crippen LogP contribution in [0.2, 0.25) is 0 Å². The predicted octanol–water partition coefficient (Wildman–Crippen LogP) is 3.65. The van der Waals surface area contributed by atoms with Crippen molar-refractivity contribution in [2.24, 2.45) is 5.92 Å². The Hall–Kier alpha value is -2.49. The first-order valence-corrected chi connectivity index (χ1v) is 12.1. The van der Waals surface area contributed by atoms with Crippen LogP contribution in [0.5, 0.6) is 0 Å². The zero-order chi connectivity index (χ0) is 21.6. The minimum absolute atomic E-state index is 0.0958. The number of anilines is 2. The minimum atomic E-state index is -3.64. The molecule has 1 saturated carbocycles. The van der Waals surface area contributed by atoms with Gasteiger partial charge in [-0.25, -0.2) is 12.8 Å². The molecule has 0 radical (unpaired) electrons. The maximum atomic E-state index is 13.3. The van der Waals surface area contributed by atoms with Crippen molar-refractivity contribution >= 4 is 32.4 Å². The zero-order valence-corrected chi connectivity index (χ0v) is 17.9. The Balaban J connectivity index is 1.51. The van der Waals surface area contributed by atoms with Crippen LogP contribution in [-0.4, -0.2) is 47.3 Å². The van der Waals surface area contributed by atoms with E-state index in [0.29, 0.717) is 43.5 Å². The molecule has 1 aliphatic carbocycles.